The minimum absolute atomic E-state index is 0.0693. The summed E-state index contributed by atoms with van der Waals surface area (Å²) in [5, 5.41) is 9.24. The third-order valence-electron chi connectivity index (χ3n) is 4.67. The summed E-state index contributed by atoms with van der Waals surface area (Å²) in [6, 6.07) is 11.5. The quantitative estimate of drug-likeness (QED) is 0.625. The van der Waals surface area contributed by atoms with Gasteiger partial charge in [0, 0.05) is 22.8 Å². The van der Waals surface area contributed by atoms with Gasteiger partial charge in [-0.15, -0.1) is 10.2 Å². The summed E-state index contributed by atoms with van der Waals surface area (Å²) < 4.78 is 3.63. The average molecular weight is 333 g/mol. The molecule has 0 amide bonds. The Bertz CT molecular complexity index is 1110. The Hall–Kier alpha value is -2.99. The van der Waals surface area contributed by atoms with Gasteiger partial charge in [-0.1, -0.05) is 18.2 Å². The van der Waals surface area contributed by atoms with Gasteiger partial charge in [0.15, 0.2) is 5.65 Å². The summed E-state index contributed by atoms with van der Waals surface area (Å²) in [4.78, 5) is 13.2. The standard InChI is InChI=1S/C19H19N5O/c1-12-15(7-9-20)16-5-3-4-6-17(16)24(12)19(25)14-8-10-23-13(2)21-22-18(23)11-14/h3-6,8,10-11H,7,9,20H2,1-2H3. The number of para-hydroxylation sites is 1. The lowest BCUT2D eigenvalue weighted by molar-refractivity contribution is 0.0963. The molecule has 0 fully saturated rings. The maximum atomic E-state index is 13.2. The molecule has 0 unspecified atom stereocenters. The van der Waals surface area contributed by atoms with Crippen molar-refractivity contribution in [2.45, 2.75) is 20.3 Å². The van der Waals surface area contributed by atoms with Crippen LogP contribution in [0.2, 0.25) is 0 Å². The van der Waals surface area contributed by atoms with Gasteiger partial charge in [0.2, 0.25) is 0 Å². The van der Waals surface area contributed by atoms with Gasteiger partial charge >= 0.3 is 0 Å². The van der Waals surface area contributed by atoms with E-state index >= 15 is 0 Å². The second-order valence-corrected chi connectivity index (χ2v) is 6.15. The highest BCUT2D eigenvalue weighted by Gasteiger charge is 2.19. The smallest absolute Gasteiger partial charge is 0.262 e. The third-order valence-corrected chi connectivity index (χ3v) is 4.67. The zero-order valence-electron chi connectivity index (χ0n) is 14.2. The molecule has 1 aromatic carbocycles. The van der Waals surface area contributed by atoms with Crippen molar-refractivity contribution in [2.75, 3.05) is 6.54 Å². The minimum Gasteiger partial charge on any atom is -0.330 e. The van der Waals surface area contributed by atoms with Crippen molar-refractivity contribution < 1.29 is 4.79 Å². The largest absolute Gasteiger partial charge is 0.330 e. The fraction of sp³-hybridized carbons (Fsp3) is 0.211. The van der Waals surface area contributed by atoms with Crippen LogP contribution in [0.3, 0.4) is 0 Å². The maximum Gasteiger partial charge on any atom is 0.262 e. The predicted molar refractivity (Wildman–Crippen MR) is 96.9 cm³/mol. The summed E-state index contributed by atoms with van der Waals surface area (Å²) >= 11 is 0. The number of fused-ring (bicyclic) bond motifs is 2. The van der Waals surface area contributed by atoms with Crippen molar-refractivity contribution in [1.82, 2.24) is 19.2 Å². The second kappa shape index (κ2) is 5.82. The Morgan fingerprint density at radius 3 is 2.76 bits per heavy atom. The molecule has 0 aliphatic carbocycles. The molecule has 6 heteroatoms. The number of aryl methyl sites for hydroxylation is 1. The number of aromatic nitrogens is 4. The highest BCUT2D eigenvalue weighted by Crippen LogP contribution is 2.27. The lowest BCUT2D eigenvalue weighted by atomic mass is 10.1. The number of nitrogens with zero attached hydrogens (tertiary/aromatic N) is 4. The van der Waals surface area contributed by atoms with E-state index in [0.717, 1.165) is 34.4 Å². The lowest BCUT2D eigenvalue weighted by Gasteiger charge is -2.08. The first kappa shape index (κ1) is 15.5. The van der Waals surface area contributed by atoms with Gasteiger partial charge in [-0.2, -0.15) is 0 Å². The molecule has 25 heavy (non-hydrogen) atoms. The molecule has 0 aliphatic heterocycles. The highest BCUT2D eigenvalue weighted by atomic mass is 16.2. The Morgan fingerprint density at radius 1 is 1.16 bits per heavy atom. The first-order chi connectivity index (χ1) is 12.1. The van der Waals surface area contributed by atoms with Crippen LogP contribution >= 0.6 is 0 Å². The second-order valence-electron chi connectivity index (χ2n) is 6.15. The molecule has 0 saturated carbocycles. The summed E-state index contributed by atoms with van der Waals surface area (Å²) in [5.74, 6) is 0.724. The number of benzene rings is 1. The number of nitrogens with two attached hydrogens (primary N) is 1. The van der Waals surface area contributed by atoms with Crippen LogP contribution in [0.15, 0.2) is 42.6 Å². The number of hydrogen-bond acceptors (Lipinski definition) is 4. The Morgan fingerprint density at radius 2 is 1.96 bits per heavy atom. The third kappa shape index (κ3) is 2.34. The molecule has 4 rings (SSSR count). The van der Waals surface area contributed by atoms with Gasteiger partial charge in [-0.3, -0.25) is 13.8 Å². The van der Waals surface area contributed by atoms with Crippen LogP contribution in [-0.4, -0.2) is 31.6 Å². The van der Waals surface area contributed by atoms with Gasteiger partial charge in [0.1, 0.15) is 5.82 Å². The van der Waals surface area contributed by atoms with Crippen molar-refractivity contribution in [3.05, 3.63) is 65.2 Å². The van der Waals surface area contributed by atoms with Crippen LogP contribution in [0.4, 0.5) is 0 Å². The van der Waals surface area contributed by atoms with Gasteiger partial charge in [-0.25, -0.2) is 0 Å². The van der Waals surface area contributed by atoms with Gasteiger partial charge in [-0.05, 0) is 50.6 Å². The molecule has 0 bridgehead atoms. The molecule has 0 spiro atoms. The first-order valence-corrected chi connectivity index (χ1v) is 8.27. The zero-order chi connectivity index (χ0) is 17.6. The molecule has 2 N–H and O–H groups in total. The van der Waals surface area contributed by atoms with E-state index in [9.17, 15) is 4.79 Å². The molecule has 0 saturated heterocycles. The molecule has 6 nitrogen and oxygen atoms in total. The van der Waals surface area contributed by atoms with E-state index in [1.54, 1.807) is 10.6 Å². The highest BCUT2D eigenvalue weighted by molar-refractivity contribution is 6.04. The summed E-state index contributed by atoms with van der Waals surface area (Å²) in [5.41, 5.74) is 10.00. The van der Waals surface area contributed by atoms with Gasteiger partial charge in [0.25, 0.3) is 5.91 Å². The van der Waals surface area contributed by atoms with Gasteiger partial charge < -0.3 is 5.73 Å². The van der Waals surface area contributed by atoms with Crippen molar-refractivity contribution in [1.29, 1.82) is 0 Å². The molecule has 0 radical (unpaired) electrons. The van der Waals surface area contributed by atoms with Crippen LogP contribution in [0, 0.1) is 13.8 Å². The van der Waals surface area contributed by atoms with Crippen molar-refractivity contribution >= 4 is 22.5 Å². The van der Waals surface area contributed by atoms with Crippen LogP contribution in [0.25, 0.3) is 16.6 Å². The van der Waals surface area contributed by atoms with E-state index in [1.165, 1.54) is 0 Å². The molecule has 0 aliphatic rings. The predicted octanol–water partition coefficient (Wildman–Crippen LogP) is 2.49. The summed E-state index contributed by atoms with van der Waals surface area (Å²) in [7, 11) is 0. The Balaban J connectivity index is 1.90. The first-order valence-electron chi connectivity index (χ1n) is 8.27. The van der Waals surface area contributed by atoms with E-state index in [-0.39, 0.29) is 5.91 Å². The average Bonchev–Trinajstić information content (AvgIpc) is 3.13. The van der Waals surface area contributed by atoms with E-state index < -0.39 is 0 Å². The molecule has 4 aromatic rings. The number of carbonyl (C=O) groups excluding carboxylic acids is 1. The number of rotatable bonds is 3. The van der Waals surface area contributed by atoms with Crippen molar-refractivity contribution in [3.8, 4) is 0 Å². The molecular weight excluding hydrogens is 314 g/mol. The maximum absolute atomic E-state index is 13.2. The van der Waals surface area contributed by atoms with Crippen molar-refractivity contribution in [3.63, 3.8) is 0 Å². The normalized spacial score (nSPS) is 11.5. The van der Waals surface area contributed by atoms with E-state index in [0.29, 0.717) is 17.8 Å². The SMILES string of the molecule is Cc1c(CCN)c2ccccc2n1C(=O)c1ccn2c(C)nnc2c1. The van der Waals surface area contributed by atoms with Gasteiger partial charge in [0.05, 0.1) is 5.52 Å². The van der Waals surface area contributed by atoms with E-state index in [2.05, 4.69) is 10.2 Å². The van der Waals surface area contributed by atoms with Crippen molar-refractivity contribution in [2.24, 2.45) is 5.73 Å². The zero-order valence-corrected chi connectivity index (χ0v) is 14.2. The number of pyridine rings is 1. The molecule has 3 heterocycles. The summed E-state index contributed by atoms with van der Waals surface area (Å²) in [6.45, 7) is 4.40. The van der Waals surface area contributed by atoms with Crippen LogP contribution in [0.5, 0.6) is 0 Å². The lowest BCUT2D eigenvalue weighted by Crippen LogP contribution is -2.14. The van der Waals surface area contributed by atoms with E-state index in [4.69, 9.17) is 5.73 Å². The number of carbonyl (C=O) groups is 1. The molecule has 3 aromatic heterocycles. The monoisotopic (exact) mass is 333 g/mol. The summed E-state index contributed by atoms with van der Waals surface area (Å²) in [6.07, 6.45) is 2.58. The minimum atomic E-state index is -0.0693. The Kier molecular flexibility index (Phi) is 3.62. The molecular formula is C19H19N5O. The molecule has 0 atom stereocenters. The van der Waals surface area contributed by atoms with Crippen LogP contribution < -0.4 is 5.73 Å². The van der Waals surface area contributed by atoms with Crippen LogP contribution in [0.1, 0.15) is 27.4 Å². The van der Waals surface area contributed by atoms with Crippen LogP contribution in [-0.2, 0) is 6.42 Å². The number of hydrogen-bond donors (Lipinski definition) is 1. The Labute approximate surface area is 144 Å². The molecule has 126 valence electrons. The van der Waals surface area contributed by atoms with E-state index in [1.807, 2.05) is 54.8 Å². The fourth-order valence-corrected chi connectivity index (χ4v) is 3.43. The fourth-order valence-electron chi connectivity index (χ4n) is 3.43. The topological polar surface area (TPSA) is 78.2 Å².